The Balaban J connectivity index is 2.62. The number of ether oxygens (including phenoxy) is 2. The minimum Gasteiger partial charge on any atom is -0.353 e. The smallest absolute Gasteiger partial charge is 0.172 e. The van der Waals surface area contributed by atoms with Crippen molar-refractivity contribution in [3.63, 3.8) is 0 Å². The van der Waals surface area contributed by atoms with Crippen LogP contribution in [0.4, 0.5) is 0 Å². The third-order valence-electron chi connectivity index (χ3n) is 1.95. The first-order chi connectivity index (χ1) is 7.27. The van der Waals surface area contributed by atoms with E-state index in [0.717, 1.165) is 5.56 Å². The maximum atomic E-state index is 8.97. The number of rotatable bonds is 5. The van der Waals surface area contributed by atoms with E-state index in [1.807, 2.05) is 37.3 Å². The molecule has 0 amide bonds. The zero-order valence-corrected chi connectivity index (χ0v) is 9.01. The molecule has 1 rings (SSSR count). The van der Waals surface area contributed by atoms with E-state index in [1.54, 1.807) is 6.92 Å². The van der Waals surface area contributed by atoms with Crippen LogP contribution in [-0.4, -0.2) is 12.9 Å². The summed E-state index contributed by atoms with van der Waals surface area (Å²) in [6.45, 7) is 4.26. The maximum Gasteiger partial charge on any atom is 0.172 e. The van der Waals surface area contributed by atoms with Gasteiger partial charge >= 0.3 is 0 Å². The molecule has 3 nitrogen and oxygen atoms in total. The fourth-order valence-corrected chi connectivity index (χ4v) is 1.28. The van der Waals surface area contributed by atoms with Gasteiger partial charge in [-0.1, -0.05) is 30.3 Å². The third-order valence-corrected chi connectivity index (χ3v) is 1.95. The van der Waals surface area contributed by atoms with E-state index >= 15 is 0 Å². The summed E-state index contributed by atoms with van der Waals surface area (Å²) in [7, 11) is 0. The lowest BCUT2D eigenvalue weighted by molar-refractivity contribution is -0.145. The highest BCUT2D eigenvalue weighted by atomic mass is 16.7. The minimum absolute atomic E-state index is 0.361. The number of hydrogen-bond donors (Lipinski definition) is 0. The summed E-state index contributed by atoms with van der Waals surface area (Å²) < 4.78 is 10.7. The summed E-state index contributed by atoms with van der Waals surface area (Å²) in [6.07, 6.45) is -0.924. The first-order valence-corrected chi connectivity index (χ1v) is 4.99. The van der Waals surface area contributed by atoms with Crippen LogP contribution in [0.2, 0.25) is 0 Å². The van der Waals surface area contributed by atoms with Gasteiger partial charge in [-0.05, 0) is 19.4 Å². The molecule has 3 heteroatoms. The Labute approximate surface area is 90.2 Å². The fourth-order valence-electron chi connectivity index (χ4n) is 1.28. The average molecular weight is 205 g/mol. The number of hydrogen-bond acceptors (Lipinski definition) is 3. The van der Waals surface area contributed by atoms with Crippen LogP contribution in [0, 0.1) is 11.3 Å². The molecule has 0 aromatic heterocycles. The molecule has 0 aliphatic rings. The molecule has 2 unspecified atom stereocenters. The van der Waals surface area contributed by atoms with Gasteiger partial charge in [0.1, 0.15) is 0 Å². The molecule has 0 radical (unpaired) electrons. The molecule has 15 heavy (non-hydrogen) atoms. The summed E-state index contributed by atoms with van der Waals surface area (Å²) in [4.78, 5) is 0. The van der Waals surface area contributed by atoms with E-state index in [9.17, 15) is 0 Å². The van der Waals surface area contributed by atoms with Crippen molar-refractivity contribution in [2.24, 2.45) is 0 Å². The molecule has 0 fully saturated rings. The van der Waals surface area contributed by atoms with Crippen molar-refractivity contribution in [1.82, 2.24) is 0 Å². The Hall–Kier alpha value is -1.37. The zero-order chi connectivity index (χ0) is 11.1. The van der Waals surface area contributed by atoms with Crippen LogP contribution in [0.15, 0.2) is 30.3 Å². The molecule has 0 heterocycles. The van der Waals surface area contributed by atoms with E-state index in [2.05, 4.69) is 6.07 Å². The Morgan fingerprint density at radius 2 is 2.00 bits per heavy atom. The summed E-state index contributed by atoms with van der Waals surface area (Å²) in [6, 6.07) is 11.5. The number of nitriles is 1. The fraction of sp³-hybridized carbons (Fsp3) is 0.417. The van der Waals surface area contributed by atoms with Crippen molar-refractivity contribution in [3.8, 4) is 6.07 Å². The predicted molar refractivity (Wildman–Crippen MR) is 57.0 cm³/mol. The van der Waals surface area contributed by atoms with Crippen LogP contribution in [-0.2, 0) is 9.47 Å². The summed E-state index contributed by atoms with van der Waals surface area (Å²) >= 11 is 0. The summed E-state index contributed by atoms with van der Waals surface area (Å²) in [5.74, 6) is 0. The molecule has 0 spiro atoms. The Bertz CT molecular complexity index is 318. The first-order valence-electron chi connectivity index (χ1n) is 4.99. The number of nitrogens with zero attached hydrogens (tertiary/aromatic N) is 1. The van der Waals surface area contributed by atoms with Crippen molar-refractivity contribution < 1.29 is 9.47 Å². The molecule has 0 aliphatic heterocycles. The predicted octanol–water partition coefficient (Wildman–Crippen LogP) is 2.65. The highest BCUT2D eigenvalue weighted by Gasteiger charge is 2.14. The molecule has 1 aromatic carbocycles. The Morgan fingerprint density at radius 3 is 2.53 bits per heavy atom. The van der Waals surface area contributed by atoms with Crippen molar-refractivity contribution in [1.29, 1.82) is 5.26 Å². The van der Waals surface area contributed by atoms with Gasteiger partial charge in [-0.2, -0.15) is 5.26 Å². The van der Waals surface area contributed by atoms with Gasteiger partial charge in [-0.15, -0.1) is 0 Å². The lowest BCUT2D eigenvalue weighted by Gasteiger charge is -2.17. The van der Waals surface area contributed by atoms with Crippen LogP contribution < -0.4 is 0 Å². The quantitative estimate of drug-likeness (QED) is 0.694. The SMILES string of the molecule is CCOC(C)OC(C#N)c1ccccc1. The van der Waals surface area contributed by atoms with E-state index in [-0.39, 0.29) is 6.29 Å². The highest BCUT2D eigenvalue weighted by molar-refractivity contribution is 5.21. The Morgan fingerprint density at radius 1 is 1.33 bits per heavy atom. The Kier molecular flexibility index (Phi) is 4.82. The third kappa shape index (κ3) is 3.70. The van der Waals surface area contributed by atoms with Gasteiger partial charge in [0, 0.05) is 6.61 Å². The van der Waals surface area contributed by atoms with Gasteiger partial charge in [0.15, 0.2) is 12.4 Å². The van der Waals surface area contributed by atoms with Gasteiger partial charge in [0.25, 0.3) is 0 Å². The minimum atomic E-state index is -0.562. The molecule has 0 saturated heterocycles. The molecule has 1 aromatic rings. The largest absolute Gasteiger partial charge is 0.353 e. The van der Waals surface area contributed by atoms with Gasteiger partial charge in [0.05, 0.1) is 6.07 Å². The molecular formula is C12H15NO2. The zero-order valence-electron chi connectivity index (χ0n) is 9.01. The molecule has 0 saturated carbocycles. The maximum absolute atomic E-state index is 8.97. The van der Waals surface area contributed by atoms with E-state index in [1.165, 1.54) is 0 Å². The van der Waals surface area contributed by atoms with Crippen LogP contribution in [0.5, 0.6) is 0 Å². The summed E-state index contributed by atoms with van der Waals surface area (Å²) in [5, 5.41) is 8.97. The van der Waals surface area contributed by atoms with Gasteiger partial charge in [-0.3, -0.25) is 0 Å². The standard InChI is InChI=1S/C12H15NO2/c1-3-14-10(2)15-12(9-13)11-7-5-4-6-8-11/h4-8,10,12H,3H2,1-2H3. The van der Waals surface area contributed by atoms with Gasteiger partial charge in [-0.25, -0.2) is 0 Å². The monoisotopic (exact) mass is 205 g/mol. The van der Waals surface area contributed by atoms with E-state index < -0.39 is 6.10 Å². The molecule has 0 N–H and O–H groups in total. The van der Waals surface area contributed by atoms with Crippen LogP contribution in [0.25, 0.3) is 0 Å². The lowest BCUT2D eigenvalue weighted by Crippen LogP contribution is -2.16. The summed E-state index contributed by atoms with van der Waals surface area (Å²) in [5.41, 5.74) is 0.853. The molecule has 0 bridgehead atoms. The molecular weight excluding hydrogens is 190 g/mol. The van der Waals surface area contributed by atoms with Crippen molar-refractivity contribution in [2.45, 2.75) is 26.2 Å². The van der Waals surface area contributed by atoms with Gasteiger partial charge in [0.2, 0.25) is 0 Å². The highest BCUT2D eigenvalue weighted by Crippen LogP contribution is 2.18. The topological polar surface area (TPSA) is 42.2 Å². The second-order valence-electron chi connectivity index (χ2n) is 3.08. The average Bonchev–Trinajstić information content (AvgIpc) is 2.27. The first kappa shape index (κ1) is 11.7. The van der Waals surface area contributed by atoms with Crippen molar-refractivity contribution in [2.75, 3.05) is 6.61 Å². The normalized spacial score (nSPS) is 14.2. The number of benzene rings is 1. The molecule has 2 atom stereocenters. The molecule has 80 valence electrons. The lowest BCUT2D eigenvalue weighted by atomic mass is 10.1. The van der Waals surface area contributed by atoms with Crippen LogP contribution >= 0.6 is 0 Å². The van der Waals surface area contributed by atoms with Crippen LogP contribution in [0.1, 0.15) is 25.5 Å². The second-order valence-corrected chi connectivity index (χ2v) is 3.08. The van der Waals surface area contributed by atoms with Gasteiger partial charge < -0.3 is 9.47 Å². The van der Waals surface area contributed by atoms with E-state index in [0.29, 0.717) is 6.61 Å². The molecule has 0 aliphatic carbocycles. The van der Waals surface area contributed by atoms with E-state index in [4.69, 9.17) is 14.7 Å². The van der Waals surface area contributed by atoms with Crippen molar-refractivity contribution >= 4 is 0 Å². The van der Waals surface area contributed by atoms with Crippen LogP contribution in [0.3, 0.4) is 0 Å². The van der Waals surface area contributed by atoms with Crippen molar-refractivity contribution in [3.05, 3.63) is 35.9 Å². The second kappa shape index (κ2) is 6.18.